The zero-order valence-electron chi connectivity index (χ0n) is 12.1. The number of carbonyl (C=O) groups excluding carboxylic acids is 1. The summed E-state index contributed by atoms with van der Waals surface area (Å²) in [5, 5.41) is 11.9. The van der Waals surface area contributed by atoms with Crippen LogP contribution < -0.4 is 14.8 Å². The molecule has 0 radical (unpaired) electrons. The molecule has 0 heterocycles. The number of amides is 1. The topological polar surface area (TPSA) is 84.9 Å². The molecule has 2 aromatic rings. The fraction of sp³-hybridized carbons (Fsp3) is 0.125. The molecule has 2 rings (SSSR count). The van der Waals surface area contributed by atoms with E-state index in [1.807, 2.05) is 6.07 Å². The molecule has 0 bridgehead atoms. The highest BCUT2D eigenvalue weighted by Gasteiger charge is 2.25. The summed E-state index contributed by atoms with van der Waals surface area (Å²) in [4.78, 5) is 23.8. The third kappa shape index (κ3) is 3.01. The molecule has 0 aromatic heterocycles. The number of aromatic carboxylic acids is 1. The number of hydrogen-bond acceptors (Lipinski definition) is 4. The first kappa shape index (κ1) is 15.4. The maximum Gasteiger partial charge on any atom is 0.336 e. The van der Waals surface area contributed by atoms with Gasteiger partial charge in [0.15, 0.2) is 11.5 Å². The lowest BCUT2D eigenvalue weighted by atomic mass is 10.0. The Kier molecular flexibility index (Phi) is 4.63. The van der Waals surface area contributed by atoms with Crippen LogP contribution in [-0.4, -0.2) is 31.2 Å². The normalized spacial score (nSPS) is 9.91. The lowest BCUT2D eigenvalue weighted by molar-refractivity contribution is 0.0691. The molecule has 22 heavy (non-hydrogen) atoms. The van der Waals surface area contributed by atoms with Gasteiger partial charge in [-0.3, -0.25) is 4.79 Å². The fourth-order valence-corrected chi connectivity index (χ4v) is 2.05. The number of para-hydroxylation sites is 1. The summed E-state index contributed by atoms with van der Waals surface area (Å²) in [6.45, 7) is 0. The molecule has 0 saturated heterocycles. The Bertz CT molecular complexity index is 697. The third-order valence-corrected chi connectivity index (χ3v) is 3.03. The minimum atomic E-state index is -1.22. The number of carbonyl (C=O) groups is 2. The molecule has 0 aliphatic rings. The summed E-state index contributed by atoms with van der Waals surface area (Å²) >= 11 is 0. The van der Waals surface area contributed by atoms with Gasteiger partial charge in [-0.05, 0) is 24.3 Å². The van der Waals surface area contributed by atoms with E-state index in [0.717, 1.165) is 0 Å². The molecule has 0 fully saturated rings. The van der Waals surface area contributed by atoms with Crippen molar-refractivity contribution in [2.45, 2.75) is 0 Å². The van der Waals surface area contributed by atoms with Crippen molar-refractivity contribution < 1.29 is 24.2 Å². The van der Waals surface area contributed by atoms with Gasteiger partial charge in [0.1, 0.15) is 5.56 Å². The molecule has 114 valence electrons. The first-order valence-corrected chi connectivity index (χ1v) is 6.43. The number of benzene rings is 2. The van der Waals surface area contributed by atoms with Crippen molar-refractivity contribution >= 4 is 17.6 Å². The van der Waals surface area contributed by atoms with Crippen molar-refractivity contribution in [1.29, 1.82) is 0 Å². The molecule has 0 aliphatic heterocycles. The Balaban J connectivity index is 2.51. The quantitative estimate of drug-likeness (QED) is 0.887. The zero-order chi connectivity index (χ0) is 16.1. The summed E-state index contributed by atoms with van der Waals surface area (Å²) in [5.74, 6) is -1.44. The first-order chi connectivity index (χ1) is 10.6. The van der Waals surface area contributed by atoms with Gasteiger partial charge in [0, 0.05) is 5.69 Å². The molecule has 0 aliphatic carbocycles. The van der Waals surface area contributed by atoms with Gasteiger partial charge in [-0.2, -0.15) is 0 Å². The van der Waals surface area contributed by atoms with Gasteiger partial charge in [0.05, 0.1) is 19.8 Å². The van der Waals surface area contributed by atoms with Gasteiger partial charge in [0.2, 0.25) is 0 Å². The van der Waals surface area contributed by atoms with E-state index in [-0.39, 0.29) is 22.6 Å². The summed E-state index contributed by atoms with van der Waals surface area (Å²) in [6.07, 6.45) is 0. The molecule has 0 spiro atoms. The van der Waals surface area contributed by atoms with E-state index in [1.165, 1.54) is 26.4 Å². The van der Waals surface area contributed by atoms with Crippen molar-refractivity contribution in [2.75, 3.05) is 19.5 Å². The van der Waals surface area contributed by atoms with Gasteiger partial charge >= 0.3 is 5.97 Å². The number of nitrogens with one attached hydrogen (secondary N) is 1. The zero-order valence-corrected chi connectivity index (χ0v) is 12.1. The lowest BCUT2D eigenvalue weighted by Crippen LogP contribution is -2.18. The van der Waals surface area contributed by atoms with Crippen molar-refractivity contribution in [3.8, 4) is 11.5 Å². The maximum absolute atomic E-state index is 12.5. The molecule has 2 N–H and O–H groups in total. The lowest BCUT2D eigenvalue weighted by Gasteiger charge is -2.15. The SMILES string of the molecule is COc1ccc(C(=O)O)c(C(=O)Nc2ccccc2)c1OC. The fourth-order valence-electron chi connectivity index (χ4n) is 2.05. The van der Waals surface area contributed by atoms with Gasteiger partial charge in [0.25, 0.3) is 5.91 Å². The molecule has 0 unspecified atom stereocenters. The van der Waals surface area contributed by atoms with E-state index in [4.69, 9.17) is 9.47 Å². The highest BCUT2D eigenvalue weighted by atomic mass is 16.5. The Morgan fingerprint density at radius 1 is 1.00 bits per heavy atom. The largest absolute Gasteiger partial charge is 0.493 e. The molecule has 6 heteroatoms. The number of rotatable bonds is 5. The Hall–Kier alpha value is -3.02. The second-order valence-electron chi connectivity index (χ2n) is 4.35. The molecule has 1 amide bonds. The van der Waals surface area contributed by atoms with E-state index in [2.05, 4.69) is 5.32 Å². The number of anilines is 1. The summed E-state index contributed by atoms with van der Waals surface area (Å²) < 4.78 is 10.3. The summed E-state index contributed by atoms with van der Waals surface area (Å²) in [5.41, 5.74) is 0.304. The number of methoxy groups -OCH3 is 2. The van der Waals surface area contributed by atoms with Crippen LogP contribution in [-0.2, 0) is 0 Å². The average molecular weight is 301 g/mol. The summed E-state index contributed by atoms with van der Waals surface area (Å²) in [7, 11) is 2.76. The minimum absolute atomic E-state index is 0.0795. The molecule has 6 nitrogen and oxygen atoms in total. The van der Waals surface area contributed by atoms with Gasteiger partial charge in [-0.25, -0.2) is 4.79 Å². The Morgan fingerprint density at radius 3 is 2.23 bits per heavy atom. The van der Waals surface area contributed by atoms with Crippen LogP contribution in [0.25, 0.3) is 0 Å². The van der Waals surface area contributed by atoms with Crippen LogP contribution in [0.4, 0.5) is 5.69 Å². The number of hydrogen-bond donors (Lipinski definition) is 2. The maximum atomic E-state index is 12.5. The standard InChI is InChI=1S/C16H15NO5/c1-21-12-9-8-11(16(19)20)13(14(12)22-2)15(18)17-10-6-4-3-5-7-10/h3-9H,1-2H3,(H,17,18)(H,19,20). The third-order valence-electron chi connectivity index (χ3n) is 3.03. The van der Waals surface area contributed by atoms with Crippen LogP contribution in [0.2, 0.25) is 0 Å². The number of carboxylic acids is 1. The van der Waals surface area contributed by atoms with E-state index >= 15 is 0 Å². The molecular formula is C16H15NO5. The second-order valence-corrected chi connectivity index (χ2v) is 4.35. The van der Waals surface area contributed by atoms with Gasteiger partial charge < -0.3 is 19.9 Å². The van der Waals surface area contributed by atoms with E-state index < -0.39 is 11.9 Å². The molecular weight excluding hydrogens is 286 g/mol. The van der Waals surface area contributed by atoms with E-state index in [0.29, 0.717) is 5.69 Å². The van der Waals surface area contributed by atoms with Crippen molar-refractivity contribution in [1.82, 2.24) is 0 Å². The predicted octanol–water partition coefficient (Wildman–Crippen LogP) is 2.65. The van der Waals surface area contributed by atoms with Crippen molar-refractivity contribution in [3.63, 3.8) is 0 Å². The van der Waals surface area contributed by atoms with Crippen LogP contribution >= 0.6 is 0 Å². The van der Waals surface area contributed by atoms with Crippen LogP contribution in [0.1, 0.15) is 20.7 Å². The van der Waals surface area contributed by atoms with Crippen molar-refractivity contribution in [3.05, 3.63) is 53.6 Å². The molecule has 2 aromatic carbocycles. The Labute approximate surface area is 127 Å². The van der Waals surface area contributed by atoms with E-state index in [1.54, 1.807) is 24.3 Å². The van der Waals surface area contributed by atoms with Gasteiger partial charge in [-0.15, -0.1) is 0 Å². The highest BCUT2D eigenvalue weighted by Crippen LogP contribution is 2.34. The van der Waals surface area contributed by atoms with Gasteiger partial charge in [-0.1, -0.05) is 18.2 Å². The predicted molar refractivity (Wildman–Crippen MR) is 80.9 cm³/mol. The van der Waals surface area contributed by atoms with Crippen LogP contribution in [0, 0.1) is 0 Å². The average Bonchev–Trinajstić information content (AvgIpc) is 2.53. The van der Waals surface area contributed by atoms with Crippen LogP contribution in [0.3, 0.4) is 0 Å². The van der Waals surface area contributed by atoms with Crippen LogP contribution in [0.5, 0.6) is 11.5 Å². The summed E-state index contributed by atoms with van der Waals surface area (Å²) in [6, 6.07) is 11.5. The second kappa shape index (κ2) is 6.62. The first-order valence-electron chi connectivity index (χ1n) is 6.43. The Morgan fingerprint density at radius 2 is 1.68 bits per heavy atom. The monoisotopic (exact) mass is 301 g/mol. The smallest absolute Gasteiger partial charge is 0.336 e. The van der Waals surface area contributed by atoms with Crippen molar-refractivity contribution in [2.24, 2.45) is 0 Å². The molecule has 0 saturated carbocycles. The highest BCUT2D eigenvalue weighted by molar-refractivity contribution is 6.13. The number of ether oxygens (including phenoxy) is 2. The number of carboxylic acid groups (broad SMARTS) is 1. The minimum Gasteiger partial charge on any atom is -0.493 e. The van der Waals surface area contributed by atoms with E-state index in [9.17, 15) is 14.7 Å². The van der Waals surface area contributed by atoms with Crippen LogP contribution in [0.15, 0.2) is 42.5 Å². The molecule has 0 atom stereocenters.